The molecule has 1 aromatic carbocycles. The molecule has 1 saturated heterocycles. The lowest BCUT2D eigenvalue weighted by Gasteiger charge is -2.38. The Balaban J connectivity index is 2.08. The fraction of sp³-hybridized carbons (Fsp3) is 0.562. The van der Waals surface area contributed by atoms with Crippen molar-refractivity contribution < 1.29 is 9.18 Å². The molecule has 1 aromatic rings. The van der Waals surface area contributed by atoms with Crippen molar-refractivity contribution in [3.05, 3.63) is 35.6 Å². The molecule has 19 heavy (non-hydrogen) atoms. The van der Waals surface area contributed by atoms with E-state index in [-0.39, 0.29) is 17.6 Å². The lowest BCUT2D eigenvalue weighted by atomic mass is 9.90. The lowest BCUT2D eigenvalue weighted by Crippen LogP contribution is -2.47. The van der Waals surface area contributed by atoms with Crippen molar-refractivity contribution in [1.29, 1.82) is 0 Å². The summed E-state index contributed by atoms with van der Waals surface area (Å²) in [5, 5.41) is 0. The van der Waals surface area contributed by atoms with Gasteiger partial charge in [0.25, 0.3) is 0 Å². The lowest BCUT2D eigenvalue weighted by molar-refractivity contribution is 0.0686. The largest absolute Gasteiger partial charge is 0.293 e. The molecule has 0 radical (unpaired) electrons. The summed E-state index contributed by atoms with van der Waals surface area (Å²) < 4.78 is 12.9. The molecule has 0 aliphatic carbocycles. The summed E-state index contributed by atoms with van der Waals surface area (Å²) >= 11 is 0. The van der Waals surface area contributed by atoms with Gasteiger partial charge in [0.05, 0.1) is 6.04 Å². The molecule has 3 unspecified atom stereocenters. The Bertz CT molecular complexity index is 433. The monoisotopic (exact) mass is 263 g/mol. The van der Waals surface area contributed by atoms with E-state index in [4.69, 9.17) is 0 Å². The minimum absolute atomic E-state index is 0.0845. The molecule has 1 heterocycles. The van der Waals surface area contributed by atoms with Gasteiger partial charge in [-0.1, -0.05) is 13.8 Å². The van der Waals surface area contributed by atoms with E-state index in [9.17, 15) is 9.18 Å². The highest BCUT2D eigenvalue weighted by Crippen LogP contribution is 2.23. The minimum atomic E-state index is -0.301. The van der Waals surface area contributed by atoms with Crippen molar-refractivity contribution >= 4 is 5.78 Å². The molecule has 0 N–H and O–H groups in total. The van der Waals surface area contributed by atoms with Gasteiger partial charge in [0, 0.05) is 18.7 Å². The van der Waals surface area contributed by atoms with E-state index >= 15 is 0 Å². The van der Waals surface area contributed by atoms with Gasteiger partial charge < -0.3 is 0 Å². The number of ketones is 1. The minimum Gasteiger partial charge on any atom is -0.293 e. The fourth-order valence-electron chi connectivity index (χ4n) is 3.05. The maximum Gasteiger partial charge on any atom is 0.179 e. The van der Waals surface area contributed by atoms with Crippen molar-refractivity contribution in [2.24, 2.45) is 11.8 Å². The smallest absolute Gasteiger partial charge is 0.179 e. The number of carbonyl (C=O) groups is 1. The van der Waals surface area contributed by atoms with Crippen molar-refractivity contribution in [2.45, 2.75) is 33.2 Å². The van der Waals surface area contributed by atoms with Crippen LogP contribution in [0.5, 0.6) is 0 Å². The van der Waals surface area contributed by atoms with Gasteiger partial charge in [-0.05, 0) is 49.4 Å². The standard InChI is InChI=1S/C16H22FNO/c1-11-8-12(2)10-18(9-11)13(3)16(19)14-4-6-15(17)7-5-14/h4-7,11-13H,8-10H2,1-3H3. The molecule has 0 spiro atoms. The van der Waals surface area contributed by atoms with E-state index in [0.717, 1.165) is 13.1 Å². The molecule has 3 heteroatoms. The second-order valence-corrected chi connectivity index (χ2v) is 5.95. The summed E-state index contributed by atoms with van der Waals surface area (Å²) in [6, 6.07) is 5.72. The van der Waals surface area contributed by atoms with Crippen LogP contribution in [0.15, 0.2) is 24.3 Å². The van der Waals surface area contributed by atoms with E-state index in [0.29, 0.717) is 17.4 Å². The molecule has 1 aliphatic rings. The molecule has 104 valence electrons. The highest BCUT2D eigenvalue weighted by atomic mass is 19.1. The van der Waals surface area contributed by atoms with E-state index in [2.05, 4.69) is 18.7 Å². The quantitative estimate of drug-likeness (QED) is 0.779. The Hall–Kier alpha value is -1.22. The number of rotatable bonds is 3. The number of hydrogen-bond acceptors (Lipinski definition) is 2. The van der Waals surface area contributed by atoms with Gasteiger partial charge in [-0.25, -0.2) is 4.39 Å². The van der Waals surface area contributed by atoms with Crippen LogP contribution in [0.4, 0.5) is 4.39 Å². The normalized spacial score (nSPS) is 26.1. The summed E-state index contributed by atoms with van der Waals surface area (Å²) in [7, 11) is 0. The number of Topliss-reactive ketones (excluding diaryl/α,β-unsaturated/α-hetero) is 1. The average molecular weight is 263 g/mol. The first kappa shape index (κ1) is 14.2. The Morgan fingerprint density at radius 2 is 1.74 bits per heavy atom. The summed E-state index contributed by atoms with van der Waals surface area (Å²) in [6.45, 7) is 8.36. The van der Waals surface area contributed by atoms with Gasteiger partial charge in [-0.2, -0.15) is 0 Å². The molecule has 3 atom stereocenters. The first-order chi connectivity index (χ1) is 8.97. The predicted octanol–water partition coefficient (Wildman–Crippen LogP) is 3.37. The zero-order valence-electron chi connectivity index (χ0n) is 11.9. The van der Waals surface area contributed by atoms with Gasteiger partial charge in [-0.3, -0.25) is 9.69 Å². The highest BCUT2D eigenvalue weighted by molar-refractivity contribution is 5.99. The summed E-state index contributed by atoms with van der Waals surface area (Å²) in [5.74, 6) is 1.05. The van der Waals surface area contributed by atoms with Gasteiger partial charge >= 0.3 is 0 Å². The molecule has 0 saturated carbocycles. The number of halogens is 1. The molecule has 2 rings (SSSR count). The molecular formula is C16H22FNO. The maximum atomic E-state index is 12.9. The van der Waals surface area contributed by atoms with E-state index in [1.165, 1.54) is 18.6 Å². The van der Waals surface area contributed by atoms with Crippen LogP contribution >= 0.6 is 0 Å². The van der Waals surface area contributed by atoms with E-state index in [1.807, 2.05) is 6.92 Å². The van der Waals surface area contributed by atoms with E-state index in [1.54, 1.807) is 12.1 Å². The molecule has 0 amide bonds. The number of likely N-dealkylation sites (tertiary alicyclic amines) is 1. The molecular weight excluding hydrogens is 241 g/mol. The SMILES string of the molecule is CC1CC(C)CN(C(C)C(=O)c2ccc(F)cc2)C1. The van der Waals surface area contributed by atoms with Crippen LogP contribution in [-0.4, -0.2) is 29.8 Å². The van der Waals surface area contributed by atoms with Gasteiger partial charge in [0.2, 0.25) is 0 Å². The molecule has 0 bridgehead atoms. The Morgan fingerprint density at radius 1 is 1.21 bits per heavy atom. The van der Waals surface area contributed by atoms with E-state index < -0.39 is 0 Å². The Kier molecular flexibility index (Phi) is 4.35. The van der Waals surface area contributed by atoms with Crippen molar-refractivity contribution in [3.63, 3.8) is 0 Å². The Labute approximate surface area is 114 Å². The third-order valence-corrected chi connectivity index (χ3v) is 3.95. The first-order valence-electron chi connectivity index (χ1n) is 7.01. The highest BCUT2D eigenvalue weighted by Gasteiger charge is 2.29. The number of nitrogens with zero attached hydrogens (tertiary/aromatic N) is 1. The predicted molar refractivity (Wildman–Crippen MR) is 74.7 cm³/mol. The number of benzene rings is 1. The van der Waals surface area contributed by atoms with Crippen molar-refractivity contribution in [1.82, 2.24) is 4.90 Å². The van der Waals surface area contributed by atoms with Crippen LogP contribution in [-0.2, 0) is 0 Å². The summed E-state index contributed by atoms with van der Waals surface area (Å²) in [6.07, 6.45) is 1.23. The maximum absolute atomic E-state index is 12.9. The third-order valence-electron chi connectivity index (χ3n) is 3.95. The topological polar surface area (TPSA) is 20.3 Å². The fourth-order valence-corrected chi connectivity index (χ4v) is 3.05. The average Bonchev–Trinajstić information content (AvgIpc) is 2.37. The van der Waals surface area contributed by atoms with Crippen LogP contribution < -0.4 is 0 Å². The number of carbonyl (C=O) groups excluding carboxylic acids is 1. The van der Waals surface area contributed by atoms with Crippen molar-refractivity contribution in [2.75, 3.05) is 13.1 Å². The second kappa shape index (κ2) is 5.83. The zero-order valence-corrected chi connectivity index (χ0v) is 11.9. The first-order valence-corrected chi connectivity index (χ1v) is 7.01. The van der Waals surface area contributed by atoms with Crippen LogP contribution in [0, 0.1) is 17.7 Å². The van der Waals surface area contributed by atoms with Gasteiger partial charge in [0.15, 0.2) is 5.78 Å². The number of hydrogen-bond donors (Lipinski definition) is 0. The zero-order chi connectivity index (χ0) is 14.0. The molecule has 1 fully saturated rings. The van der Waals surface area contributed by atoms with Crippen LogP contribution in [0.3, 0.4) is 0 Å². The van der Waals surface area contributed by atoms with Crippen LogP contribution in [0.2, 0.25) is 0 Å². The second-order valence-electron chi connectivity index (χ2n) is 5.95. The van der Waals surface area contributed by atoms with Crippen LogP contribution in [0.1, 0.15) is 37.6 Å². The Morgan fingerprint density at radius 3 is 2.26 bits per heavy atom. The molecule has 1 aliphatic heterocycles. The third kappa shape index (κ3) is 3.41. The molecule has 0 aromatic heterocycles. The number of piperidine rings is 1. The summed E-state index contributed by atoms with van der Waals surface area (Å²) in [4.78, 5) is 14.7. The van der Waals surface area contributed by atoms with Crippen molar-refractivity contribution in [3.8, 4) is 0 Å². The molecule has 2 nitrogen and oxygen atoms in total. The van der Waals surface area contributed by atoms with Gasteiger partial charge in [-0.15, -0.1) is 0 Å². The van der Waals surface area contributed by atoms with Gasteiger partial charge in [0.1, 0.15) is 5.82 Å². The summed E-state index contributed by atoms with van der Waals surface area (Å²) in [5.41, 5.74) is 0.597. The van der Waals surface area contributed by atoms with Crippen LogP contribution in [0.25, 0.3) is 0 Å².